The molecule has 16 heavy (non-hydrogen) atoms. The number of aliphatic hydroxyl groups excluding tert-OH is 1. The van der Waals surface area contributed by atoms with Gasteiger partial charge in [-0.25, -0.2) is 0 Å². The van der Waals surface area contributed by atoms with Gasteiger partial charge in [-0.15, -0.1) is 11.8 Å². The van der Waals surface area contributed by atoms with Gasteiger partial charge in [0.05, 0.1) is 19.0 Å². The Bertz CT molecular complexity index is 352. The van der Waals surface area contributed by atoms with Crippen molar-refractivity contribution >= 4 is 17.7 Å². The maximum atomic E-state index is 11.0. The summed E-state index contributed by atoms with van der Waals surface area (Å²) in [7, 11) is 1.37. The molecule has 0 aromatic heterocycles. The van der Waals surface area contributed by atoms with E-state index >= 15 is 0 Å². The van der Waals surface area contributed by atoms with Crippen LogP contribution in [0, 0.1) is 0 Å². The standard InChI is InChI=1S/C12H16O3S/c1-3-10(13)9-6-4-5-7-11(9)16-8-12(14)15-2/h4-7,10,13H,3,8H2,1-2H3/t10-/m1/s1. The average Bonchev–Trinajstić information content (AvgIpc) is 2.35. The molecule has 1 rings (SSSR count). The number of benzene rings is 1. The van der Waals surface area contributed by atoms with Gasteiger partial charge in [-0.05, 0) is 18.1 Å². The number of aliphatic hydroxyl groups is 1. The summed E-state index contributed by atoms with van der Waals surface area (Å²) in [5.74, 6) is 0.00928. The third-order valence-corrected chi connectivity index (χ3v) is 3.30. The van der Waals surface area contributed by atoms with Crippen LogP contribution in [0.4, 0.5) is 0 Å². The highest BCUT2D eigenvalue weighted by Crippen LogP contribution is 2.28. The van der Waals surface area contributed by atoms with E-state index in [1.807, 2.05) is 31.2 Å². The molecule has 0 bridgehead atoms. The lowest BCUT2D eigenvalue weighted by Crippen LogP contribution is -2.04. The van der Waals surface area contributed by atoms with Crippen molar-refractivity contribution in [2.75, 3.05) is 12.9 Å². The van der Waals surface area contributed by atoms with Crippen LogP contribution in [0.25, 0.3) is 0 Å². The molecule has 0 aliphatic carbocycles. The summed E-state index contributed by atoms with van der Waals surface area (Å²) >= 11 is 1.39. The molecule has 0 saturated heterocycles. The Hall–Kier alpha value is -1.00. The Morgan fingerprint density at radius 1 is 1.50 bits per heavy atom. The van der Waals surface area contributed by atoms with Crippen molar-refractivity contribution in [3.63, 3.8) is 0 Å². The summed E-state index contributed by atoms with van der Waals surface area (Å²) in [5, 5.41) is 9.80. The van der Waals surface area contributed by atoms with E-state index in [4.69, 9.17) is 0 Å². The predicted octanol–water partition coefficient (Wildman–Crippen LogP) is 2.40. The van der Waals surface area contributed by atoms with Crippen molar-refractivity contribution in [2.45, 2.75) is 24.3 Å². The number of hydrogen-bond acceptors (Lipinski definition) is 4. The lowest BCUT2D eigenvalue weighted by atomic mass is 10.1. The largest absolute Gasteiger partial charge is 0.468 e. The minimum Gasteiger partial charge on any atom is -0.468 e. The van der Waals surface area contributed by atoms with Gasteiger partial charge in [-0.1, -0.05) is 25.1 Å². The summed E-state index contributed by atoms with van der Waals surface area (Å²) in [6.07, 6.45) is 0.192. The molecule has 1 atom stereocenters. The fourth-order valence-corrected chi connectivity index (χ4v) is 2.24. The molecule has 1 aromatic carbocycles. The Labute approximate surface area is 99.8 Å². The van der Waals surface area contributed by atoms with Crippen molar-refractivity contribution in [3.8, 4) is 0 Å². The SMILES string of the molecule is CC[C@@H](O)c1ccccc1SCC(=O)OC. The number of thioether (sulfide) groups is 1. The lowest BCUT2D eigenvalue weighted by molar-refractivity contribution is -0.137. The first-order valence-electron chi connectivity index (χ1n) is 5.15. The van der Waals surface area contributed by atoms with E-state index in [1.54, 1.807) is 0 Å². The molecule has 1 aromatic rings. The van der Waals surface area contributed by atoms with Crippen molar-refractivity contribution < 1.29 is 14.6 Å². The zero-order chi connectivity index (χ0) is 12.0. The number of methoxy groups -OCH3 is 1. The molecule has 0 saturated carbocycles. The van der Waals surface area contributed by atoms with E-state index in [1.165, 1.54) is 18.9 Å². The zero-order valence-corrected chi connectivity index (χ0v) is 10.3. The van der Waals surface area contributed by atoms with Crippen LogP contribution in [0.15, 0.2) is 29.2 Å². The van der Waals surface area contributed by atoms with Crippen LogP contribution in [-0.2, 0) is 9.53 Å². The fraction of sp³-hybridized carbons (Fsp3) is 0.417. The second-order valence-corrected chi connectivity index (χ2v) is 4.34. The fourth-order valence-electron chi connectivity index (χ4n) is 1.30. The smallest absolute Gasteiger partial charge is 0.315 e. The average molecular weight is 240 g/mol. The molecule has 0 aliphatic heterocycles. The third-order valence-electron chi connectivity index (χ3n) is 2.24. The molecule has 0 aliphatic rings. The Morgan fingerprint density at radius 3 is 2.81 bits per heavy atom. The van der Waals surface area contributed by atoms with Crippen LogP contribution in [0.1, 0.15) is 25.0 Å². The summed E-state index contributed by atoms with van der Waals surface area (Å²) in [6, 6.07) is 7.57. The highest BCUT2D eigenvalue weighted by molar-refractivity contribution is 8.00. The Morgan fingerprint density at radius 2 is 2.19 bits per heavy atom. The molecule has 0 radical (unpaired) electrons. The van der Waals surface area contributed by atoms with E-state index in [-0.39, 0.29) is 11.7 Å². The van der Waals surface area contributed by atoms with Gasteiger partial charge in [-0.2, -0.15) is 0 Å². The number of ether oxygens (including phenoxy) is 1. The number of rotatable bonds is 5. The third kappa shape index (κ3) is 3.54. The molecular formula is C12H16O3S. The van der Waals surface area contributed by atoms with Gasteiger partial charge in [0.25, 0.3) is 0 Å². The van der Waals surface area contributed by atoms with Crippen LogP contribution in [0.2, 0.25) is 0 Å². The monoisotopic (exact) mass is 240 g/mol. The van der Waals surface area contributed by atoms with Crippen LogP contribution < -0.4 is 0 Å². The number of esters is 1. The van der Waals surface area contributed by atoms with Crippen LogP contribution >= 0.6 is 11.8 Å². The minimum atomic E-state index is -0.471. The van der Waals surface area contributed by atoms with E-state index in [0.29, 0.717) is 6.42 Å². The molecule has 0 fully saturated rings. The number of carbonyl (C=O) groups is 1. The number of carbonyl (C=O) groups excluding carboxylic acids is 1. The molecule has 0 amide bonds. The first-order chi connectivity index (χ1) is 7.69. The normalized spacial score (nSPS) is 12.2. The summed E-state index contributed by atoms with van der Waals surface area (Å²) in [5.41, 5.74) is 0.874. The summed E-state index contributed by atoms with van der Waals surface area (Å²) < 4.78 is 4.58. The lowest BCUT2D eigenvalue weighted by Gasteiger charge is -2.12. The van der Waals surface area contributed by atoms with Gasteiger partial charge in [0, 0.05) is 4.90 Å². The van der Waals surface area contributed by atoms with Crippen molar-refractivity contribution in [2.24, 2.45) is 0 Å². The second-order valence-electron chi connectivity index (χ2n) is 3.33. The maximum Gasteiger partial charge on any atom is 0.315 e. The molecule has 0 heterocycles. The molecule has 3 nitrogen and oxygen atoms in total. The van der Waals surface area contributed by atoms with Crippen LogP contribution in [-0.4, -0.2) is 23.9 Å². The van der Waals surface area contributed by atoms with Crippen molar-refractivity contribution in [1.29, 1.82) is 0 Å². The van der Waals surface area contributed by atoms with Gasteiger partial charge in [0.1, 0.15) is 0 Å². The van der Waals surface area contributed by atoms with E-state index in [2.05, 4.69) is 4.74 Å². The van der Waals surface area contributed by atoms with Gasteiger partial charge < -0.3 is 9.84 Å². The molecule has 88 valence electrons. The van der Waals surface area contributed by atoms with Crippen LogP contribution in [0.3, 0.4) is 0 Å². The summed E-state index contributed by atoms with van der Waals surface area (Å²) in [4.78, 5) is 12.0. The van der Waals surface area contributed by atoms with Crippen molar-refractivity contribution in [1.82, 2.24) is 0 Å². The Kier molecular flexibility index (Phi) is 5.35. The topological polar surface area (TPSA) is 46.5 Å². The van der Waals surface area contributed by atoms with Gasteiger partial charge in [-0.3, -0.25) is 4.79 Å². The first kappa shape index (κ1) is 13.1. The van der Waals surface area contributed by atoms with E-state index in [9.17, 15) is 9.90 Å². The molecule has 4 heteroatoms. The first-order valence-corrected chi connectivity index (χ1v) is 6.14. The summed E-state index contributed by atoms with van der Waals surface area (Å²) in [6.45, 7) is 1.92. The van der Waals surface area contributed by atoms with Gasteiger partial charge in [0.15, 0.2) is 0 Å². The maximum absolute atomic E-state index is 11.0. The predicted molar refractivity (Wildman–Crippen MR) is 64.4 cm³/mol. The second kappa shape index (κ2) is 6.55. The molecule has 0 unspecified atom stereocenters. The molecule has 1 N–H and O–H groups in total. The highest BCUT2D eigenvalue weighted by Gasteiger charge is 2.11. The minimum absolute atomic E-state index is 0.259. The number of hydrogen-bond donors (Lipinski definition) is 1. The van der Waals surface area contributed by atoms with Gasteiger partial charge in [0.2, 0.25) is 0 Å². The quantitative estimate of drug-likeness (QED) is 0.634. The van der Waals surface area contributed by atoms with E-state index < -0.39 is 6.10 Å². The molecule has 0 spiro atoms. The van der Waals surface area contributed by atoms with Crippen molar-refractivity contribution in [3.05, 3.63) is 29.8 Å². The van der Waals surface area contributed by atoms with E-state index in [0.717, 1.165) is 10.5 Å². The van der Waals surface area contributed by atoms with Gasteiger partial charge >= 0.3 is 5.97 Å². The van der Waals surface area contributed by atoms with Crippen LogP contribution in [0.5, 0.6) is 0 Å². The zero-order valence-electron chi connectivity index (χ0n) is 9.47. The molecular weight excluding hydrogens is 224 g/mol. The Balaban J connectivity index is 2.75. The highest BCUT2D eigenvalue weighted by atomic mass is 32.2.